The fraction of sp³-hybridized carbons (Fsp3) is 0.158. The number of halogens is 1. The molecule has 2 aromatic heterocycles. The van der Waals surface area contributed by atoms with Gasteiger partial charge in [-0.05, 0) is 34.7 Å². The van der Waals surface area contributed by atoms with Gasteiger partial charge in [0.2, 0.25) is 0 Å². The minimum atomic E-state index is -0.355. The molecule has 0 N–H and O–H groups in total. The molecule has 0 aliphatic rings. The van der Waals surface area contributed by atoms with Crippen molar-refractivity contribution in [1.29, 1.82) is 0 Å². The van der Waals surface area contributed by atoms with E-state index in [-0.39, 0.29) is 12.3 Å². The number of hydrogen-bond acceptors (Lipinski definition) is 7. The lowest BCUT2D eigenvalue weighted by atomic mass is 10.1. The van der Waals surface area contributed by atoms with E-state index in [1.165, 1.54) is 16.0 Å². The Morgan fingerprint density at radius 1 is 1.14 bits per heavy atom. The van der Waals surface area contributed by atoms with Crippen LogP contribution in [0.25, 0.3) is 16.9 Å². The molecule has 148 valence electrons. The molecule has 0 radical (unpaired) electrons. The van der Waals surface area contributed by atoms with E-state index in [9.17, 15) is 4.79 Å². The lowest BCUT2D eigenvalue weighted by molar-refractivity contribution is 0.294. The number of nitrogens with zero attached hydrogens (tertiary/aromatic N) is 5. The first-order valence-corrected chi connectivity index (χ1v) is 10.2. The summed E-state index contributed by atoms with van der Waals surface area (Å²) < 4.78 is 14.8. The highest BCUT2D eigenvalue weighted by Gasteiger charge is 2.16. The van der Waals surface area contributed by atoms with Gasteiger partial charge in [-0.1, -0.05) is 45.5 Å². The molecular weight excluding hydrogens is 458 g/mol. The average Bonchev–Trinajstić information content (AvgIpc) is 3.34. The zero-order valence-corrected chi connectivity index (χ0v) is 18.0. The van der Waals surface area contributed by atoms with E-state index in [2.05, 4.69) is 31.3 Å². The third kappa shape index (κ3) is 3.94. The van der Waals surface area contributed by atoms with E-state index >= 15 is 0 Å². The molecule has 0 aliphatic carbocycles. The predicted octanol–water partition coefficient (Wildman–Crippen LogP) is 3.44. The van der Waals surface area contributed by atoms with Crippen LogP contribution in [0.2, 0.25) is 0 Å². The van der Waals surface area contributed by atoms with Crippen LogP contribution in [0.1, 0.15) is 5.56 Å². The minimum absolute atomic E-state index is 0.162. The Labute approximate surface area is 178 Å². The third-order valence-corrected chi connectivity index (χ3v) is 5.52. The molecule has 4 aromatic rings. The summed E-state index contributed by atoms with van der Waals surface area (Å²) in [6.45, 7) is 0.162. The van der Waals surface area contributed by atoms with Crippen molar-refractivity contribution in [3.63, 3.8) is 0 Å². The zero-order valence-electron chi connectivity index (χ0n) is 15.6. The van der Waals surface area contributed by atoms with E-state index in [1.54, 1.807) is 32.4 Å². The maximum absolute atomic E-state index is 12.3. The molecular formula is C19H16BrN5O3S. The first kappa shape index (κ1) is 19.3. The van der Waals surface area contributed by atoms with Gasteiger partial charge in [0.25, 0.3) is 5.19 Å². The number of tetrazole rings is 1. The first-order chi connectivity index (χ1) is 14.1. The van der Waals surface area contributed by atoms with Crippen LogP contribution in [-0.4, -0.2) is 31.9 Å². The smallest absolute Gasteiger partial charge is 0.368 e. The van der Waals surface area contributed by atoms with Crippen molar-refractivity contribution in [2.75, 3.05) is 7.11 Å². The number of thiazole rings is 1. The van der Waals surface area contributed by atoms with Crippen LogP contribution in [0, 0.1) is 0 Å². The number of hydrogen-bond donors (Lipinski definition) is 0. The molecule has 0 unspecified atom stereocenters. The fourth-order valence-corrected chi connectivity index (χ4v) is 3.71. The Bertz CT molecular complexity index is 1200. The molecule has 0 amide bonds. The molecule has 0 fully saturated rings. The molecule has 0 saturated carbocycles. The standard InChI is InChI=1S/C19H16BrN5O3S/c1-24-19(26)25(23-22-24)16-4-3-5-17(27-2)14(16)10-28-18-21-15(11-29-18)12-6-8-13(20)9-7-12/h3-9,11H,10H2,1-2H3. The van der Waals surface area contributed by atoms with Gasteiger partial charge in [-0.15, -0.1) is 0 Å². The van der Waals surface area contributed by atoms with Crippen molar-refractivity contribution in [1.82, 2.24) is 24.8 Å². The Kier molecular flexibility index (Phi) is 5.45. The summed E-state index contributed by atoms with van der Waals surface area (Å²) in [6, 6.07) is 13.3. The van der Waals surface area contributed by atoms with E-state index in [0.717, 1.165) is 20.4 Å². The van der Waals surface area contributed by atoms with Gasteiger partial charge in [-0.3, -0.25) is 0 Å². The van der Waals surface area contributed by atoms with Gasteiger partial charge in [0, 0.05) is 22.5 Å². The van der Waals surface area contributed by atoms with Crippen LogP contribution in [0.15, 0.2) is 57.1 Å². The zero-order chi connectivity index (χ0) is 20.4. The van der Waals surface area contributed by atoms with Gasteiger partial charge < -0.3 is 9.47 Å². The molecule has 0 spiro atoms. The van der Waals surface area contributed by atoms with E-state index in [4.69, 9.17) is 9.47 Å². The molecule has 0 aliphatic heterocycles. The monoisotopic (exact) mass is 473 g/mol. The summed E-state index contributed by atoms with van der Waals surface area (Å²) in [4.78, 5) is 16.8. The maximum atomic E-state index is 12.3. The second kappa shape index (κ2) is 8.18. The summed E-state index contributed by atoms with van der Waals surface area (Å²) in [5, 5.41) is 10.1. The van der Waals surface area contributed by atoms with Crippen LogP contribution >= 0.6 is 27.3 Å². The Morgan fingerprint density at radius 2 is 1.93 bits per heavy atom. The van der Waals surface area contributed by atoms with Crippen LogP contribution in [0.3, 0.4) is 0 Å². The van der Waals surface area contributed by atoms with Gasteiger partial charge in [0.1, 0.15) is 12.4 Å². The lowest BCUT2D eigenvalue weighted by Crippen LogP contribution is -2.23. The molecule has 0 bridgehead atoms. The van der Waals surface area contributed by atoms with Crippen molar-refractivity contribution >= 4 is 27.3 Å². The van der Waals surface area contributed by atoms with Crippen molar-refractivity contribution < 1.29 is 9.47 Å². The topological polar surface area (TPSA) is 84.1 Å². The number of ether oxygens (including phenoxy) is 2. The quantitative estimate of drug-likeness (QED) is 0.426. The second-order valence-corrected chi connectivity index (χ2v) is 7.79. The largest absolute Gasteiger partial charge is 0.496 e. The summed E-state index contributed by atoms with van der Waals surface area (Å²) in [7, 11) is 3.11. The Hall–Kier alpha value is -2.98. The average molecular weight is 474 g/mol. The Morgan fingerprint density at radius 3 is 2.62 bits per heavy atom. The number of rotatable bonds is 6. The van der Waals surface area contributed by atoms with Gasteiger partial charge in [0.05, 0.1) is 24.1 Å². The van der Waals surface area contributed by atoms with Gasteiger partial charge >= 0.3 is 5.69 Å². The van der Waals surface area contributed by atoms with Gasteiger partial charge in [0.15, 0.2) is 0 Å². The van der Waals surface area contributed by atoms with Crippen molar-refractivity contribution in [3.8, 4) is 27.9 Å². The maximum Gasteiger partial charge on any atom is 0.368 e. The summed E-state index contributed by atoms with van der Waals surface area (Å²) >= 11 is 4.83. The third-order valence-electron chi connectivity index (χ3n) is 4.24. The number of benzene rings is 2. The highest BCUT2D eigenvalue weighted by atomic mass is 79.9. The van der Waals surface area contributed by atoms with Crippen LogP contribution in [0.5, 0.6) is 10.9 Å². The summed E-state index contributed by atoms with van der Waals surface area (Å²) in [6.07, 6.45) is 0. The summed E-state index contributed by atoms with van der Waals surface area (Å²) in [5.41, 5.74) is 2.71. The normalized spacial score (nSPS) is 10.9. The molecule has 29 heavy (non-hydrogen) atoms. The van der Waals surface area contributed by atoms with Crippen LogP contribution in [0.4, 0.5) is 0 Å². The SMILES string of the molecule is COc1cccc(-n2nnn(C)c2=O)c1COc1nc(-c2ccc(Br)cc2)cs1. The van der Waals surface area contributed by atoms with E-state index in [1.807, 2.05) is 29.6 Å². The summed E-state index contributed by atoms with van der Waals surface area (Å²) in [5.74, 6) is 0.588. The fourth-order valence-electron chi connectivity index (χ4n) is 2.76. The van der Waals surface area contributed by atoms with Crippen molar-refractivity contribution in [3.05, 3.63) is 68.4 Å². The molecule has 0 atom stereocenters. The number of methoxy groups -OCH3 is 1. The van der Waals surface area contributed by atoms with Crippen LogP contribution < -0.4 is 15.2 Å². The number of aromatic nitrogens is 5. The molecule has 4 rings (SSSR count). The molecule has 8 nitrogen and oxygen atoms in total. The Balaban J connectivity index is 1.61. The number of aryl methyl sites for hydroxylation is 1. The van der Waals surface area contributed by atoms with Gasteiger partial charge in [-0.2, -0.15) is 9.36 Å². The highest BCUT2D eigenvalue weighted by molar-refractivity contribution is 9.10. The van der Waals surface area contributed by atoms with Crippen LogP contribution in [-0.2, 0) is 13.7 Å². The predicted molar refractivity (Wildman–Crippen MR) is 113 cm³/mol. The molecule has 2 heterocycles. The molecule has 10 heteroatoms. The van der Waals surface area contributed by atoms with E-state index < -0.39 is 0 Å². The molecule has 0 saturated heterocycles. The second-order valence-electron chi connectivity index (χ2n) is 6.05. The van der Waals surface area contributed by atoms with Gasteiger partial charge in [-0.25, -0.2) is 9.78 Å². The minimum Gasteiger partial charge on any atom is -0.496 e. The lowest BCUT2D eigenvalue weighted by Gasteiger charge is -2.12. The molecule has 2 aromatic carbocycles. The van der Waals surface area contributed by atoms with Crippen molar-refractivity contribution in [2.24, 2.45) is 7.05 Å². The first-order valence-electron chi connectivity index (χ1n) is 8.56. The van der Waals surface area contributed by atoms with Crippen molar-refractivity contribution in [2.45, 2.75) is 6.61 Å². The highest BCUT2D eigenvalue weighted by Crippen LogP contribution is 2.30. The van der Waals surface area contributed by atoms with E-state index in [0.29, 0.717) is 22.2 Å².